The van der Waals surface area contributed by atoms with Gasteiger partial charge in [0.2, 0.25) is 0 Å². The number of methoxy groups -OCH3 is 2. The number of aryl methyl sites for hydroxylation is 1. The van der Waals surface area contributed by atoms with Crippen molar-refractivity contribution in [3.63, 3.8) is 0 Å². The van der Waals surface area contributed by atoms with Gasteiger partial charge in [0.25, 0.3) is 5.56 Å². The van der Waals surface area contributed by atoms with Crippen molar-refractivity contribution in [1.82, 2.24) is 4.98 Å². The molecule has 0 spiro atoms. The zero-order chi connectivity index (χ0) is 16.0. The minimum Gasteiger partial charge on any atom is -0.497 e. The van der Waals surface area contributed by atoms with Crippen molar-refractivity contribution < 1.29 is 9.47 Å². The summed E-state index contributed by atoms with van der Waals surface area (Å²) in [6.07, 6.45) is 3.11. The summed E-state index contributed by atoms with van der Waals surface area (Å²) in [5.74, 6) is 0.697. The molecule has 1 heterocycles. The summed E-state index contributed by atoms with van der Waals surface area (Å²) in [7, 11) is 3.37. The molecular formula is C19H19NO3. The summed E-state index contributed by atoms with van der Waals surface area (Å²) in [4.78, 5) is 15.6. The molecule has 4 nitrogen and oxygen atoms in total. The molecule has 1 N–H and O–H groups in total. The predicted octanol–water partition coefficient (Wildman–Crippen LogP) is 3.19. The molecule has 0 saturated carbocycles. The maximum atomic E-state index is 12.5. The minimum absolute atomic E-state index is 0.0614. The summed E-state index contributed by atoms with van der Waals surface area (Å²) >= 11 is 0. The van der Waals surface area contributed by atoms with E-state index in [0.29, 0.717) is 11.1 Å². The molecule has 4 rings (SSSR count). The van der Waals surface area contributed by atoms with Crippen LogP contribution in [0.1, 0.15) is 17.5 Å². The Hall–Kier alpha value is -2.33. The van der Waals surface area contributed by atoms with E-state index in [2.05, 4.69) is 17.1 Å². The summed E-state index contributed by atoms with van der Waals surface area (Å²) in [5, 5.41) is 2.74. The Morgan fingerprint density at radius 1 is 1.09 bits per heavy atom. The maximum Gasteiger partial charge on any atom is 0.256 e. The van der Waals surface area contributed by atoms with Gasteiger partial charge in [-0.3, -0.25) is 4.79 Å². The zero-order valence-electron chi connectivity index (χ0n) is 13.3. The van der Waals surface area contributed by atoms with Crippen molar-refractivity contribution in [1.29, 1.82) is 0 Å². The standard InChI is InChI=1S/C19H19NO3/c1-22-12-4-7-14-11(9-12)3-6-16-15-8-5-13(23-2)10-17(15)19(21)20-18(14)16/h3,5-6,8,10,12H,4,7,9H2,1-2H3,(H,20,21). The van der Waals surface area contributed by atoms with Gasteiger partial charge in [0.05, 0.1) is 24.1 Å². The van der Waals surface area contributed by atoms with Crippen LogP contribution in [-0.4, -0.2) is 25.3 Å². The number of hydrogen-bond donors (Lipinski definition) is 1. The normalized spacial score (nSPS) is 17.4. The van der Waals surface area contributed by atoms with Crippen molar-refractivity contribution in [2.75, 3.05) is 14.2 Å². The summed E-state index contributed by atoms with van der Waals surface area (Å²) in [6, 6.07) is 9.95. The molecule has 1 atom stereocenters. The lowest BCUT2D eigenvalue weighted by Gasteiger charge is -2.24. The molecule has 3 aromatic rings. The molecule has 1 aromatic heterocycles. The SMILES string of the molecule is COc1ccc2c(c1)c(=O)[nH]c1c3c(ccc12)CC(OC)CC3. The second kappa shape index (κ2) is 5.39. The van der Waals surface area contributed by atoms with E-state index in [1.54, 1.807) is 20.3 Å². The van der Waals surface area contributed by atoms with Gasteiger partial charge in [-0.25, -0.2) is 0 Å². The van der Waals surface area contributed by atoms with Crippen LogP contribution >= 0.6 is 0 Å². The number of hydrogen-bond acceptors (Lipinski definition) is 3. The predicted molar refractivity (Wildman–Crippen MR) is 91.4 cm³/mol. The molecule has 23 heavy (non-hydrogen) atoms. The highest BCUT2D eigenvalue weighted by Crippen LogP contribution is 2.32. The van der Waals surface area contributed by atoms with E-state index in [0.717, 1.165) is 35.6 Å². The average molecular weight is 309 g/mol. The average Bonchev–Trinajstić information content (AvgIpc) is 2.60. The number of H-pyrrole nitrogens is 1. The number of aromatic amines is 1. The highest BCUT2D eigenvalue weighted by molar-refractivity contribution is 6.06. The van der Waals surface area contributed by atoms with Crippen LogP contribution in [0.25, 0.3) is 21.7 Å². The Morgan fingerprint density at radius 3 is 2.70 bits per heavy atom. The van der Waals surface area contributed by atoms with Crippen molar-refractivity contribution in [3.05, 3.63) is 51.8 Å². The first-order valence-corrected chi connectivity index (χ1v) is 7.88. The fourth-order valence-electron chi connectivity index (χ4n) is 3.64. The summed E-state index contributed by atoms with van der Waals surface area (Å²) in [5.41, 5.74) is 3.44. The first-order valence-electron chi connectivity index (χ1n) is 7.88. The number of rotatable bonds is 2. The topological polar surface area (TPSA) is 51.3 Å². The van der Waals surface area contributed by atoms with Crippen LogP contribution in [0.3, 0.4) is 0 Å². The van der Waals surface area contributed by atoms with E-state index in [-0.39, 0.29) is 11.7 Å². The van der Waals surface area contributed by atoms with Gasteiger partial charge in [-0.2, -0.15) is 0 Å². The van der Waals surface area contributed by atoms with E-state index in [9.17, 15) is 4.79 Å². The van der Waals surface area contributed by atoms with Crippen molar-refractivity contribution in [2.24, 2.45) is 0 Å². The third-order valence-electron chi connectivity index (χ3n) is 4.91. The highest BCUT2D eigenvalue weighted by atomic mass is 16.5. The second-order valence-electron chi connectivity index (χ2n) is 6.09. The Labute approximate surface area is 134 Å². The van der Waals surface area contributed by atoms with Gasteiger partial charge in [0.15, 0.2) is 0 Å². The zero-order valence-corrected chi connectivity index (χ0v) is 13.3. The quantitative estimate of drug-likeness (QED) is 0.740. The number of pyridine rings is 1. The molecule has 0 amide bonds. The first kappa shape index (κ1) is 14.3. The molecule has 1 aliphatic carbocycles. The van der Waals surface area contributed by atoms with Crippen molar-refractivity contribution in [3.8, 4) is 5.75 Å². The van der Waals surface area contributed by atoms with Crippen LogP contribution in [0.2, 0.25) is 0 Å². The molecule has 0 bridgehead atoms. The molecule has 4 heteroatoms. The van der Waals surface area contributed by atoms with Crippen LogP contribution in [0, 0.1) is 0 Å². The molecule has 0 saturated heterocycles. The molecule has 0 fully saturated rings. The molecule has 1 unspecified atom stereocenters. The van der Waals surface area contributed by atoms with E-state index < -0.39 is 0 Å². The van der Waals surface area contributed by atoms with E-state index in [4.69, 9.17) is 9.47 Å². The second-order valence-corrected chi connectivity index (χ2v) is 6.09. The van der Waals surface area contributed by atoms with Gasteiger partial charge in [0.1, 0.15) is 5.75 Å². The van der Waals surface area contributed by atoms with Crippen LogP contribution < -0.4 is 10.3 Å². The van der Waals surface area contributed by atoms with Crippen LogP contribution in [0.15, 0.2) is 35.1 Å². The lowest BCUT2D eigenvalue weighted by atomic mass is 9.87. The molecule has 118 valence electrons. The Kier molecular flexibility index (Phi) is 3.34. The number of benzene rings is 2. The largest absolute Gasteiger partial charge is 0.497 e. The molecule has 2 aromatic carbocycles. The third kappa shape index (κ3) is 2.21. The lowest BCUT2D eigenvalue weighted by molar-refractivity contribution is 0.0913. The lowest BCUT2D eigenvalue weighted by Crippen LogP contribution is -2.22. The smallest absolute Gasteiger partial charge is 0.256 e. The van der Waals surface area contributed by atoms with E-state index >= 15 is 0 Å². The number of ether oxygens (including phenoxy) is 2. The van der Waals surface area contributed by atoms with Crippen LogP contribution in [0.5, 0.6) is 5.75 Å². The van der Waals surface area contributed by atoms with Gasteiger partial charge in [0, 0.05) is 12.5 Å². The van der Waals surface area contributed by atoms with Crippen molar-refractivity contribution >= 4 is 21.7 Å². The van der Waals surface area contributed by atoms with Gasteiger partial charge >= 0.3 is 0 Å². The van der Waals surface area contributed by atoms with E-state index in [1.165, 1.54) is 11.1 Å². The highest BCUT2D eigenvalue weighted by Gasteiger charge is 2.21. The Balaban J connectivity index is 2.01. The van der Waals surface area contributed by atoms with Gasteiger partial charge in [-0.1, -0.05) is 12.1 Å². The molecular weight excluding hydrogens is 290 g/mol. The van der Waals surface area contributed by atoms with Crippen LogP contribution in [-0.2, 0) is 17.6 Å². The minimum atomic E-state index is -0.0614. The Bertz CT molecular complexity index is 958. The summed E-state index contributed by atoms with van der Waals surface area (Å²) in [6.45, 7) is 0. The number of aromatic nitrogens is 1. The van der Waals surface area contributed by atoms with Crippen molar-refractivity contribution in [2.45, 2.75) is 25.4 Å². The van der Waals surface area contributed by atoms with Gasteiger partial charge < -0.3 is 14.5 Å². The fourth-order valence-corrected chi connectivity index (χ4v) is 3.64. The van der Waals surface area contributed by atoms with Crippen LogP contribution in [0.4, 0.5) is 0 Å². The van der Waals surface area contributed by atoms with Gasteiger partial charge in [-0.15, -0.1) is 0 Å². The van der Waals surface area contributed by atoms with E-state index in [1.807, 2.05) is 12.1 Å². The molecule has 1 aliphatic rings. The maximum absolute atomic E-state index is 12.5. The Morgan fingerprint density at radius 2 is 1.91 bits per heavy atom. The monoisotopic (exact) mass is 309 g/mol. The summed E-state index contributed by atoms with van der Waals surface area (Å²) < 4.78 is 10.7. The molecule has 0 aliphatic heterocycles. The molecule has 0 radical (unpaired) electrons. The number of fused-ring (bicyclic) bond motifs is 5. The third-order valence-corrected chi connectivity index (χ3v) is 4.91. The fraction of sp³-hybridized carbons (Fsp3) is 0.316. The number of nitrogens with one attached hydrogen (secondary N) is 1. The van der Waals surface area contributed by atoms with Gasteiger partial charge in [-0.05, 0) is 54.0 Å². The first-order chi connectivity index (χ1) is 11.2.